The summed E-state index contributed by atoms with van der Waals surface area (Å²) in [5, 5.41) is 0.877. The standard InChI is InChI=1S/C16H21ClN2O/c1-12(20)6-9-18-7-3-8-19-14(11-18)10-13-4-2-5-15(17)16(13)19/h2,4-5,14H,3,6-11H2,1H3. The van der Waals surface area contributed by atoms with Crippen LogP contribution in [0.25, 0.3) is 0 Å². The van der Waals surface area contributed by atoms with Crippen molar-refractivity contribution in [2.24, 2.45) is 0 Å². The minimum atomic E-state index is 0.281. The highest BCUT2D eigenvalue weighted by molar-refractivity contribution is 6.33. The number of hydrogen-bond acceptors (Lipinski definition) is 3. The van der Waals surface area contributed by atoms with Crippen LogP contribution in [0, 0.1) is 0 Å². The summed E-state index contributed by atoms with van der Waals surface area (Å²) >= 11 is 6.38. The maximum absolute atomic E-state index is 11.2. The van der Waals surface area contributed by atoms with E-state index in [0.717, 1.165) is 44.0 Å². The van der Waals surface area contributed by atoms with Crippen molar-refractivity contribution in [2.75, 3.05) is 31.1 Å². The number of fused-ring (bicyclic) bond motifs is 3. The van der Waals surface area contributed by atoms with Gasteiger partial charge in [0.15, 0.2) is 0 Å². The van der Waals surface area contributed by atoms with Crippen LogP contribution in [-0.4, -0.2) is 42.9 Å². The van der Waals surface area contributed by atoms with Crippen molar-refractivity contribution < 1.29 is 4.79 Å². The molecule has 1 fully saturated rings. The van der Waals surface area contributed by atoms with E-state index in [9.17, 15) is 4.79 Å². The quantitative estimate of drug-likeness (QED) is 0.856. The number of anilines is 1. The molecule has 0 aromatic heterocycles. The van der Waals surface area contributed by atoms with Crippen molar-refractivity contribution in [3.05, 3.63) is 28.8 Å². The number of ketones is 1. The van der Waals surface area contributed by atoms with Crippen LogP contribution in [0.15, 0.2) is 18.2 Å². The number of hydrogen-bond donors (Lipinski definition) is 0. The van der Waals surface area contributed by atoms with Gasteiger partial charge < -0.3 is 9.80 Å². The van der Waals surface area contributed by atoms with Crippen molar-refractivity contribution in [3.8, 4) is 0 Å². The monoisotopic (exact) mass is 292 g/mol. The van der Waals surface area contributed by atoms with Gasteiger partial charge in [0.2, 0.25) is 0 Å². The van der Waals surface area contributed by atoms with E-state index in [2.05, 4.69) is 15.9 Å². The molecule has 0 aliphatic carbocycles. The highest BCUT2D eigenvalue weighted by Crippen LogP contribution is 2.39. The third-order valence-corrected chi connectivity index (χ3v) is 4.68. The highest BCUT2D eigenvalue weighted by Gasteiger charge is 2.33. The summed E-state index contributed by atoms with van der Waals surface area (Å²) in [5.41, 5.74) is 2.61. The van der Waals surface area contributed by atoms with Crippen molar-refractivity contribution in [3.63, 3.8) is 0 Å². The van der Waals surface area contributed by atoms with Gasteiger partial charge in [0.05, 0.1) is 10.7 Å². The second-order valence-electron chi connectivity index (χ2n) is 5.91. The van der Waals surface area contributed by atoms with Gasteiger partial charge in [-0.1, -0.05) is 23.7 Å². The maximum Gasteiger partial charge on any atom is 0.131 e. The number of para-hydroxylation sites is 1. The molecule has 0 radical (unpaired) electrons. The van der Waals surface area contributed by atoms with Gasteiger partial charge in [-0.2, -0.15) is 0 Å². The van der Waals surface area contributed by atoms with Gasteiger partial charge >= 0.3 is 0 Å². The van der Waals surface area contributed by atoms with E-state index < -0.39 is 0 Å². The summed E-state index contributed by atoms with van der Waals surface area (Å²) in [5.74, 6) is 0.281. The molecule has 3 rings (SSSR count). The molecule has 1 aromatic carbocycles. The fourth-order valence-electron chi connectivity index (χ4n) is 3.42. The van der Waals surface area contributed by atoms with Gasteiger partial charge in [0.1, 0.15) is 5.78 Å². The van der Waals surface area contributed by atoms with Gasteiger partial charge in [0.25, 0.3) is 0 Å². The lowest BCUT2D eigenvalue weighted by molar-refractivity contribution is -0.117. The Bertz CT molecular complexity index is 517. The van der Waals surface area contributed by atoms with E-state index in [1.807, 2.05) is 12.1 Å². The van der Waals surface area contributed by atoms with Crippen LogP contribution >= 0.6 is 11.6 Å². The lowest BCUT2D eigenvalue weighted by atomic mass is 10.1. The number of carbonyl (C=O) groups is 1. The van der Waals surface area contributed by atoms with Gasteiger partial charge in [0, 0.05) is 32.1 Å². The fraction of sp³-hybridized carbons (Fsp3) is 0.562. The molecule has 1 aromatic rings. The number of Topliss-reactive ketones (excluding diaryl/α,β-unsaturated/α-hetero) is 1. The Morgan fingerprint density at radius 1 is 1.40 bits per heavy atom. The van der Waals surface area contributed by atoms with Crippen LogP contribution in [0.3, 0.4) is 0 Å². The Hall–Kier alpha value is -1.06. The smallest absolute Gasteiger partial charge is 0.131 e. The molecule has 108 valence electrons. The van der Waals surface area contributed by atoms with Crippen molar-refractivity contribution in [1.82, 2.24) is 4.90 Å². The molecule has 1 unspecified atom stereocenters. The van der Waals surface area contributed by atoms with Crippen molar-refractivity contribution >= 4 is 23.1 Å². The molecule has 20 heavy (non-hydrogen) atoms. The first kappa shape index (κ1) is 13.9. The Morgan fingerprint density at radius 2 is 2.25 bits per heavy atom. The average molecular weight is 293 g/mol. The molecule has 1 saturated heterocycles. The molecule has 4 heteroatoms. The minimum Gasteiger partial charge on any atom is -0.365 e. The Morgan fingerprint density at radius 3 is 3.05 bits per heavy atom. The zero-order valence-electron chi connectivity index (χ0n) is 11.9. The third-order valence-electron chi connectivity index (χ3n) is 4.38. The molecule has 0 amide bonds. The molecule has 3 nitrogen and oxygen atoms in total. The Kier molecular flexibility index (Phi) is 3.99. The zero-order valence-corrected chi connectivity index (χ0v) is 12.7. The van der Waals surface area contributed by atoms with Gasteiger partial charge in [-0.05, 0) is 37.9 Å². The van der Waals surface area contributed by atoms with Gasteiger partial charge in [-0.3, -0.25) is 4.79 Å². The summed E-state index contributed by atoms with van der Waals surface area (Å²) in [6.07, 6.45) is 2.88. The molecule has 0 spiro atoms. The van der Waals surface area contributed by atoms with Crippen LogP contribution in [0.5, 0.6) is 0 Å². The van der Waals surface area contributed by atoms with Crippen LogP contribution < -0.4 is 4.90 Å². The summed E-state index contributed by atoms with van der Waals surface area (Å²) in [6.45, 7) is 5.76. The van der Waals surface area contributed by atoms with E-state index in [1.165, 1.54) is 11.3 Å². The number of benzene rings is 1. The molecule has 2 aliphatic rings. The number of rotatable bonds is 3. The maximum atomic E-state index is 11.2. The first-order valence-corrected chi connectivity index (χ1v) is 7.79. The molecular formula is C16H21ClN2O. The second kappa shape index (κ2) is 5.74. The molecule has 0 N–H and O–H groups in total. The zero-order chi connectivity index (χ0) is 14.1. The lowest BCUT2D eigenvalue weighted by Crippen LogP contribution is -2.39. The van der Waals surface area contributed by atoms with Gasteiger partial charge in [-0.25, -0.2) is 0 Å². The summed E-state index contributed by atoms with van der Waals surface area (Å²) in [6, 6.07) is 6.73. The highest BCUT2D eigenvalue weighted by atomic mass is 35.5. The Balaban J connectivity index is 1.74. The summed E-state index contributed by atoms with van der Waals surface area (Å²) in [4.78, 5) is 16.1. The van der Waals surface area contributed by atoms with E-state index in [1.54, 1.807) is 6.92 Å². The van der Waals surface area contributed by atoms with E-state index in [-0.39, 0.29) is 5.78 Å². The third kappa shape index (κ3) is 2.70. The van der Waals surface area contributed by atoms with Crippen LogP contribution in [-0.2, 0) is 11.2 Å². The second-order valence-corrected chi connectivity index (χ2v) is 6.31. The molecule has 0 saturated carbocycles. The van der Waals surface area contributed by atoms with E-state index in [0.29, 0.717) is 12.5 Å². The molecular weight excluding hydrogens is 272 g/mol. The van der Waals surface area contributed by atoms with Crippen LogP contribution in [0.2, 0.25) is 5.02 Å². The first-order chi connectivity index (χ1) is 9.65. The minimum absolute atomic E-state index is 0.281. The topological polar surface area (TPSA) is 23.6 Å². The van der Waals surface area contributed by atoms with Crippen LogP contribution in [0.4, 0.5) is 5.69 Å². The number of nitrogens with zero attached hydrogens (tertiary/aromatic N) is 2. The molecule has 0 bridgehead atoms. The largest absolute Gasteiger partial charge is 0.365 e. The van der Waals surface area contributed by atoms with Crippen molar-refractivity contribution in [1.29, 1.82) is 0 Å². The average Bonchev–Trinajstić information content (AvgIpc) is 2.63. The predicted octanol–water partition coefficient (Wildman–Crippen LogP) is 2.76. The fourth-order valence-corrected chi connectivity index (χ4v) is 3.73. The predicted molar refractivity (Wildman–Crippen MR) is 82.6 cm³/mol. The summed E-state index contributed by atoms with van der Waals surface area (Å²) in [7, 11) is 0. The summed E-state index contributed by atoms with van der Waals surface area (Å²) < 4.78 is 0. The Labute approximate surface area is 125 Å². The molecule has 1 atom stereocenters. The lowest BCUT2D eigenvalue weighted by Gasteiger charge is -2.27. The first-order valence-electron chi connectivity index (χ1n) is 7.41. The molecule has 2 aliphatic heterocycles. The number of carbonyl (C=O) groups excluding carboxylic acids is 1. The van der Waals surface area contributed by atoms with E-state index in [4.69, 9.17) is 11.6 Å². The van der Waals surface area contributed by atoms with Crippen LogP contribution in [0.1, 0.15) is 25.3 Å². The normalized spacial score (nSPS) is 22.3. The SMILES string of the molecule is CC(=O)CCN1CCCN2c3c(Cl)cccc3CC2C1. The van der Waals surface area contributed by atoms with Gasteiger partial charge in [-0.15, -0.1) is 0 Å². The van der Waals surface area contributed by atoms with E-state index >= 15 is 0 Å². The number of halogens is 1. The molecule has 2 heterocycles. The van der Waals surface area contributed by atoms with Crippen molar-refractivity contribution in [2.45, 2.75) is 32.2 Å².